The van der Waals surface area contributed by atoms with Gasteiger partial charge >= 0.3 is 0 Å². The molecule has 5 heteroatoms. The summed E-state index contributed by atoms with van der Waals surface area (Å²) in [7, 11) is 0. The van der Waals surface area contributed by atoms with E-state index >= 15 is 0 Å². The smallest absolute Gasteiger partial charge is 0.165 e. The van der Waals surface area contributed by atoms with E-state index < -0.39 is 0 Å². The van der Waals surface area contributed by atoms with Crippen molar-refractivity contribution in [2.24, 2.45) is 5.73 Å². The number of benzene rings is 1. The van der Waals surface area contributed by atoms with Gasteiger partial charge in [-0.05, 0) is 37.7 Å². The van der Waals surface area contributed by atoms with E-state index in [0.717, 1.165) is 17.7 Å². The molecule has 0 fully saturated rings. The highest BCUT2D eigenvalue weighted by molar-refractivity contribution is 5.60. The van der Waals surface area contributed by atoms with E-state index in [9.17, 15) is 4.39 Å². The SMILES string of the molecule is CCOc1ccc(-c2cc(CCN)[nH]n2)cc1F. The van der Waals surface area contributed by atoms with E-state index in [4.69, 9.17) is 10.5 Å². The zero-order valence-corrected chi connectivity index (χ0v) is 10.2. The molecule has 0 spiro atoms. The van der Waals surface area contributed by atoms with E-state index in [1.54, 1.807) is 12.1 Å². The van der Waals surface area contributed by atoms with Gasteiger partial charge in [-0.1, -0.05) is 0 Å². The normalized spacial score (nSPS) is 10.6. The Morgan fingerprint density at radius 3 is 2.89 bits per heavy atom. The molecule has 0 atom stereocenters. The number of halogens is 1. The summed E-state index contributed by atoms with van der Waals surface area (Å²) < 4.78 is 18.8. The number of rotatable bonds is 5. The number of aromatic nitrogens is 2. The second-order valence-electron chi connectivity index (χ2n) is 3.90. The van der Waals surface area contributed by atoms with Crippen molar-refractivity contribution in [3.8, 4) is 17.0 Å². The topological polar surface area (TPSA) is 63.9 Å². The first-order chi connectivity index (χ1) is 8.74. The highest BCUT2D eigenvalue weighted by Gasteiger charge is 2.08. The monoisotopic (exact) mass is 249 g/mol. The highest BCUT2D eigenvalue weighted by atomic mass is 19.1. The Kier molecular flexibility index (Phi) is 3.94. The Morgan fingerprint density at radius 2 is 2.22 bits per heavy atom. The predicted molar refractivity (Wildman–Crippen MR) is 67.9 cm³/mol. The molecule has 0 bridgehead atoms. The summed E-state index contributed by atoms with van der Waals surface area (Å²) in [6.07, 6.45) is 0.729. The van der Waals surface area contributed by atoms with Gasteiger partial charge in [-0.25, -0.2) is 4.39 Å². The van der Waals surface area contributed by atoms with E-state index in [0.29, 0.717) is 18.8 Å². The molecular weight excluding hydrogens is 233 g/mol. The zero-order chi connectivity index (χ0) is 13.0. The van der Waals surface area contributed by atoms with Crippen LogP contribution in [0.25, 0.3) is 11.3 Å². The lowest BCUT2D eigenvalue weighted by Crippen LogP contribution is -2.02. The zero-order valence-electron chi connectivity index (χ0n) is 10.2. The van der Waals surface area contributed by atoms with Crippen molar-refractivity contribution >= 4 is 0 Å². The quantitative estimate of drug-likeness (QED) is 0.853. The van der Waals surface area contributed by atoms with Crippen LogP contribution in [0.1, 0.15) is 12.6 Å². The summed E-state index contributed by atoms with van der Waals surface area (Å²) in [4.78, 5) is 0. The summed E-state index contributed by atoms with van der Waals surface area (Å²) >= 11 is 0. The number of nitrogens with two attached hydrogens (primary N) is 1. The highest BCUT2D eigenvalue weighted by Crippen LogP contribution is 2.24. The molecular formula is C13H16FN3O. The molecule has 0 amide bonds. The van der Waals surface area contributed by atoms with Crippen LogP contribution in [0.5, 0.6) is 5.75 Å². The number of hydrogen-bond donors (Lipinski definition) is 2. The summed E-state index contributed by atoms with van der Waals surface area (Å²) in [5.41, 5.74) is 7.83. The van der Waals surface area contributed by atoms with Gasteiger partial charge in [0.15, 0.2) is 11.6 Å². The molecule has 0 aliphatic rings. The average Bonchev–Trinajstić information content (AvgIpc) is 2.81. The van der Waals surface area contributed by atoms with Gasteiger partial charge in [-0.3, -0.25) is 5.10 Å². The van der Waals surface area contributed by atoms with Crippen LogP contribution in [-0.4, -0.2) is 23.3 Å². The van der Waals surface area contributed by atoms with Crippen molar-refractivity contribution in [2.75, 3.05) is 13.2 Å². The fraction of sp³-hybridized carbons (Fsp3) is 0.308. The van der Waals surface area contributed by atoms with Crippen LogP contribution in [0.3, 0.4) is 0 Å². The van der Waals surface area contributed by atoms with Crippen LogP contribution in [0.4, 0.5) is 4.39 Å². The fourth-order valence-corrected chi connectivity index (χ4v) is 1.73. The molecule has 0 unspecified atom stereocenters. The molecule has 0 saturated heterocycles. The van der Waals surface area contributed by atoms with Crippen molar-refractivity contribution in [2.45, 2.75) is 13.3 Å². The number of nitrogens with one attached hydrogen (secondary N) is 1. The molecule has 4 nitrogen and oxygen atoms in total. The molecule has 0 aliphatic heterocycles. The fourth-order valence-electron chi connectivity index (χ4n) is 1.73. The number of ether oxygens (including phenoxy) is 1. The summed E-state index contributed by atoms with van der Waals surface area (Å²) in [5, 5.41) is 7.01. The van der Waals surface area contributed by atoms with Crippen molar-refractivity contribution in [1.82, 2.24) is 10.2 Å². The van der Waals surface area contributed by atoms with Crippen LogP contribution in [0.2, 0.25) is 0 Å². The Bertz CT molecular complexity index is 525. The van der Waals surface area contributed by atoms with Crippen LogP contribution in [0, 0.1) is 5.82 Å². The standard InChI is InChI=1S/C13H16FN3O/c1-2-18-13-4-3-9(7-11(13)14)12-8-10(5-6-15)16-17-12/h3-4,7-8H,2,5-6,15H2,1H3,(H,16,17). The van der Waals surface area contributed by atoms with E-state index in [-0.39, 0.29) is 11.6 Å². The maximum Gasteiger partial charge on any atom is 0.165 e. The molecule has 18 heavy (non-hydrogen) atoms. The third kappa shape index (κ3) is 2.68. The summed E-state index contributed by atoms with van der Waals surface area (Å²) in [6.45, 7) is 2.82. The molecule has 1 heterocycles. The van der Waals surface area contributed by atoms with E-state index in [1.165, 1.54) is 6.07 Å². The van der Waals surface area contributed by atoms with Gasteiger partial charge in [-0.15, -0.1) is 0 Å². The van der Waals surface area contributed by atoms with Gasteiger partial charge in [0.25, 0.3) is 0 Å². The first-order valence-electron chi connectivity index (χ1n) is 5.91. The number of aromatic amines is 1. The second kappa shape index (κ2) is 5.64. The van der Waals surface area contributed by atoms with Gasteiger partial charge in [0.2, 0.25) is 0 Å². The first-order valence-corrected chi connectivity index (χ1v) is 5.91. The van der Waals surface area contributed by atoms with Gasteiger partial charge in [0.05, 0.1) is 12.3 Å². The minimum absolute atomic E-state index is 0.263. The molecule has 2 rings (SSSR count). The molecule has 0 radical (unpaired) electrons. The third-order valence-electron chi connectivity index (χ3n) is 2.57. The molecule has 1 aromatic heterocycles. The van der Waals surface area contributed by atoms with Gasteiger partial charge < -0.3 is 10.5 Å². The molecule has 0 saturated carbocycles. The largest absolute Gasteiger partial charge is 0.491 e. The minimum Gasteiger partial charge on any atom is -0.491 e. The Morgan fingerprint density at radius 1 is 1.39 bits per heavy atom. The first kappa shape index (κ1) is 12.6. The van der Waals surface area contributed by atoms with Gasteiger partial charge in [0, 0.05) is 17.7 Å². The van der Waals surface area contributed by atoms with Crippen molar-refractivity contribution in [3.63, 3.8) is 0 Å². The van der Waals surface area contributed by atoms with Crippen molar-refractivity contribution in [3.05, 3.63) is 35.8 Å². The van der Waals surface area contributed by atoms with E-state index in [1.807, 2.05) is 13.0 Å². The van der Waals surface area contributed by atoms with Crippen molar-refractivity contribution in [1.29, 1.82) is 0 Å². The molecule has 2 aromatic rings. The second-order valence-corrected chi connectivity index (χ2v) is 3.90. The van der Waals surface area contributed by atoms with Crippen LogP contribution < -0.4 is 10.5 Å². The van der Waals surface area contributed by atoms with Crippen LogP contribution in [-0.2, 0) is 6.42 Å². The Labute approximate surface area is 105 Å². The van der Waals surface area contributed by atoms with Crippen LogP contribution in [0.15, 0.2) is 24.3 Å². The third-order valence-corrected chi connectivity index (χ3v) is 2.57. The lowest BCUT2D eigenvalue weighted by molar-refractivity contribution is 0.321. The van der Waals surface area contributed by atoms with Gasteiger partial charge in [-0.2, -0.15) is 5.10 Å². The number of hydrogen-bond acceptors (Lipinski definition) is 3. The molecule has 1 aromatic carbocycles. The van der Waals surface area contributed by atoms with E-state index in [2.05, 4.69) is 10.2 Å². The summed E-state index contributed by atoms with van der Waals surface area (Å²) in [6, 6.07) is 6.71. The maximum atomic E-state index is 13.7. The number of nitrogens with zero attached hydrogens (tertiary/aromatic N) is 1. The maximum absolute atomic E-state index is 13.7. The summed E-state index contributed by atoms with van der Waals surface area (Å²) in [5.74, 6) is -0.114. The molecule has 3 N–H and O–H groups in total. The lowest BCUT2D eigenvalue weighted by Gasteiger charge is -2.05. The Balaban J connectivity index is 2.24. The van der Waals surface area contributed by atoms with Gasteiger partial charge in [0.1, 0.15) is 0 Å². The predicted octanol–water partition coefficient (Wildman–Crippen LogP) is 2.12. The Hall–Kier alpha value is -1.88. The number of H-pyrrole nitrogens is 1. The van der Waals surface area contributed by atoms with Crippen molar-refractivity contribution < 1.29 is 9.13 Å². The lowest BCUT2D eigenvalue weighted by atomic mass is 10.1. The molecule has 0 aliphatic carbocycles. The van der Waals surface area contributed by atoms with Crippen LogP contribution >= 0.6 is 0 Å². The molecule has 96 valence electrons. The average molecular weight is 249 g/mol. The minimum atomic E-state index is -0.377.